The van der Waals surface area contributed by atoms with Gasteiger partial charge >= 0.3 is 0 Å². The minimum absolute atomic E-state index is 0.455. The standard InChI is InChI=1S/C17H12N2O2/c1-20-17-10-15-14(9-12(17)11-18)16(7-8-19-15)21-13-5-3-2-4-6-13/h2-10H,1H3. The van der Waals surface area contributed by atoms with Crippen LogP contribution in [0, 0.1) is 11.3 Å². The van der Waals surface area contributed by atoms with Crippen LogP contribution >= 0.6 is 0 Å². The second-order valence-electron chi connectivity index (χ2n) is 4.41. The summed E-state index contributed by atoms with van der Waals surface area (Å²) in [5.41, 5.74) is 1.18. The predicted octanol–water partition coefficient (Wildman–Crippen LogP) is 3.91. The number of pyridine rings is 1. The summed E-state index contributed by atoms with van der Waals surface area (Å²) in [6, 6.07) is 16.9. The van der Waals surface area contributed by atoms with Crippen LogP contribution in [0.25, 0.3) is 10.9 Å². The van der Waals surface area contributed by atoms with Crippen LogP contribution in [0.4, 0.5) is 0 Å². The van der Waals surface area contributed by atoms with Gasteiger partial charge in [-0.1, -0.05) is 18.2 Å². The van der Waals surface area contributed by atoms with Gasteiger partial charge in [0, 0.05) is 17.6 Å². The molecule has 102 valence electrons. The van der Waals surface area contributed by atoms with E-state index in [0.29, 0.717) is 17.1 Å². The number of ether oxygens (including phenoxy) is 2. The predicted molar refractivity (Wildman–Crippen MR) is 79.5 cm³/mol. The topological polar surface area (TPSA) is 55.1 Å². The molecule has 0 unspecified atom stereocenters. The largest absolute Gasteiger partial charge is 0.495 e. The Bertz CT molecular complexity index is 823. The molecule has 0 aliphatic carbocycles. The van der Waals surface area contributed by atoms with Gasteiger partial charge in [0.1, 0.15) is 23.3 Å². The van der Waals surface area contributed by atoms with Crippen molar-refractivity contribution in [3.63, 3.8) is 0 Å². The number of hydrogen-bond donors (Lipinski definition) is 0. The summed E-state index contributed by atoms with van der Waals surface area (Å²) in [5, 5.41) is 9.97. The molecule has 0 N–H and O–H groups in total. The van der Waals surface area contributed by atoms with Crippen molar-refractivity contribution in [1.29, 1.82) is 5.26 Å². The Kier molecular flexibility index (Phi) is 3.40. The number of benzene rings is 2. The molecule has 0 fully saturated rings. The molecule has 0 atom stereocenters. The Morgan fingerprint density at radius 2 is 1.86 bits per heavy atom. The maximum Gasteiger partial charge on any atom is 0.138 e. The molecule has 2 aromatic carbocycles. The average Bonchev–Trinajstić information content (AvgIpc) is 2.55. The van der Waals surface area contributed by atoms with E-state index >= 15 is 0 Å². The van der Waals surface area contributed by atoms with Gasteiger partial charge in [0.25, 0.3) is 0 Å². The van der Waals surface area contributed by atoms with Crippen LogP contribution in [0.5, 0.6) is 17.2 Å². The minimum atomic E-state index is 0.455. The van der Waals surface area contributed by atoms with Crippen LogP contribution in [0.1, 0.15) is 5.56 Å². The zero-order valence-corrected chi connectivity index (χ0v) is 11.4. The zero-order chi connectivity index (χ0) is 14.7. The number of nitrogens with zero attached hydrogens (tertiary/aromatic N) is 2. The minimum Gasteiger partial charge on any atom is -0.495 e. The molecule has 0 bridgehead atoms. The van der Waals surface area contributed by atoms with Crippen LogP contribution < -0.4 is 9.47 Å². The Labute approximate surface area is 122 Å². The monoisotopic (exact) mass is 276 g/mol. The number of aromatic nitrogens is 1. The molecule has 0 aliphatic rings. The molecular weight excluding hydrogens is 264 g/mol. The van der Waals surface area contributed by atoms with E-state index in [-0.39, 0.29) is 0 Å². The summed E-state index contributed by atoms with van der Waals surface area (Å²) in [5.74, 6) is 1.90. The highest BCUT2D eigenvalue weighted by molar-refractivity contribution is 5.88. The van der Waals surface area contributed by atoms with E-state index in [9.17, 15) is 5.26 Å². The third kappa shape index (κ3) is 2.49. The highest BCUT2D eigenvalue weighted by Crippen LogP contribution is 2.32. The van der Waals surface area contributed by atoms with Gasteiger partial charge in [0.15, 0.2) is 0 Å². The van der Waals surface area contributed by atoms with Crippen molar-refractivity contribution in [3.05, 3.63) is 60.3 Å². The van der Waals surface area contributed by atoms with Crippen molar-refractivity contribution >= 4 is 10.9 Å². The number of fused-ring (bicyclic) bond motifs is 1. The Hall–Kier alpha value is -3.06. The van der Waals surface area contributed by atoms with E-state index in [1.54, 1.807) is 24.4 Å². The van der Waals surface area contributed by atoms with E-state index < -0.39 is 0 Å². The first-order valence-corrected chi connectivity index (χ1v) is 6.41. The quantitative estimate of drug-likeness (QED) is 0.727. The number of hydrogen-bond acceptors (Lipinski definition) is 4. The first kappa shape index (κ1) is 12.9. The highest BCUT2D eigenvalue weighted by atomic mass is 16.5. The Morgan fingerprint density at radius 3 is 2.57 bits per heavy atom. The fourth-order valence-electron chi connectivity index (χ4n) is 2.11. The lowest BCUT2D eigenvalue weighted by Crippen LogP contribution is -1.92. The van der Waals surface area contributed by atoms with Crippen molar-refractivity contribution in [1.82, 2.24) is 4.98 Å². The van der Waals surface area contributed by atoms with Gasteiger partial charge in [0.05, 0.1) is 18.2 Å². The SMILES string of the molecule is COc1cc2nccc(Oc3ccccc3)c2cc1C#N. The number of methoxy groups -OCH3 is 1. The van der Waals surface area contributed by atoms with Crippen molar-refractivity contribution in [3.8, 4) is 23.3 Å². The van der Waals surface area contributed by atoms with Gasteiger partial charge in [-0.25, -0.2) is 0 Å². The molecule has 0 spiro atoms. The van der Waals surface area contributed by atoms with Crippen LogP contribution in [-0.4, -0.2) is 12.1 Å². The summed E-state index contributed by atoms with van der Waals surface area (Å²) < 4.78 is 11.1. The van der Waals surface area contributed by atoms with Gasteiger partial charge in [-0.2, -0.15) is 5.26 Å². The van der Waals surface area contributed by atoms with Crippen molar-refractivity contribution in [2.45, 2.75) is 0 Å². The summed E-state index contributed by atoms with van der Waals surface area (Å²) in [7, 11) is 1.53. The fraction of sp³-hybridized carbons (Fsp3) is 0.0588. The Morgan fingerprint density at radius 1 is 1.05 bits per heavy atom. The number of nitriles is 1. The van der Waals surface area contributed by atoms with Crippen LogP contribution in [0.15, 0.2) is 54.7 Å². The van der Waals surface area contributed by atoms with E-state index in [1.165, 1.54) is 7.11 Å². The second kappa shape index (κ2) is 5.51. The number of para-hydroxylation sites is 1. The van der Waals surface area contributed by atoms with E-state index in [2.05, 4.69) is 11.1 Å². The molecule has 0 saturated heterocycles. The fourth-order valence-corrected chi connectivity index (χ4v) is 2.11. The molecule has 4 heteroatoms. The van der Waals surface area contributed by atoms with Gasteiger partial charge in [-0.05, 0) is 24.3 Å². The maximum atomic E-state index is 9.20. The van der Waals surface area contributed by atoms with Crippen molar-refractivity contribution in [2.24, 2.45) is 0 Å². The average molecular weight is 276 g/mol. The summed E-state index contributed by atoms with van der Waals surface area (Å²) >= 11 is 0. The lowest BCUT2D eigenvalue weighted by molar-refractivity contribution is 0.414. The molecule has 1 aromatic heterocycles. The third-order valence-corrected chi connectivity index (χ3v) is 3.11. The molecule has 0 amide bonds. The molecule has 1 heterocycles. The van der Waals surface area contributed by atoms with E-state index in [0.717, 1.165) is 16.7 Å². The third-order valence-electron chi connectivity index (χ3n) is 3.11. The summed E-state index contributed by atoms with van der Waals surface area (Å²) in [4.78, 5) is 4.30. The summed E-state index contributed by atoms with van der Waals surface area (Å²) in [6.45, 7) is 0. The second-order valence-corrected chi connectivity index (χ2v) is 4.41. The molecule has 3 rings (SSSR count). The highest BCUT2D eigenvalue weighted by Gasteiger charge is 2.10. The van der Waals surface area contributed by atoms with Crippen LogP contribution in [0.2, 0.25) is 0 Å². The zero-order valence-electron chi connectivity index (χ0n) is 11.4. The van der Waals surface area contributed by atoms with Crippen LogP contribution in [0.3, 0.4) is 0 Å². The van der Waals surface area contributed by atoms with Crippen molar-refractivity contribution in [2.75, 3.05) is 7.11 Å². The normalized spacial score (nSPS) is 10.1. The van der Waals surface area contributed by atoms with Gasteiger partial charge in [-0.15, -0.1) is 0 Å². The van der Waals surface area contributed by atoms with Gasteiger partial charge in [0.2, 0.25) is 0 Å². The van der Waals surface area contributed by atoms with Crippen LogP contribution in [-0.2, 0) is 0 Å². The van der Waals surface area contributed by atoms with Gasteiger partial charge < -0.3 is 9.47 Å². The smallest absolute Gasteiger partial charge is 0.138 e. The molecule has 3 aromatic rings. The lowest BCUT2D eigenvalue weighted by atomic mass is 10.1. The van der Waals surface area contributed by atoms with E-state index in [4.69, 9.17) is 9.47 Å². The number of rotatable bonds is 3. The van der Waals surface area contributed by atoms with Crippen molar-refractivity contribution < 1.29 is 9.47 Å². The molecule has 4 nitrogen and oxygen atoms in total. The first-order chi connectivity index (χ1) is 10.3. The molecule has 0 aliphatic heterocycles. The van der Waals surface area contributed by atoms with E-state index in [1.807, 2.05) is 30.3 Å². The molecule has 0 radical (unpaired) electrons. The summed E-state index contributed by atoms with van der Waals surface area (Å²) in [6.07, 6.45) is 1.67. The Balaban J connectivity index is 2.13. The molecule has 0 saturated carbocycles. The first-order valence-electron chi connectivity index (χ1n) is 6.41. The maximum absolute atomic E-state index is 9.20. The van der Waals surface area contributed by atoms with Gasteiger partial charge in [-0.3, -0.25) is 4.98 Å². The lowest BCUT2D eigenvalue weighted by Gasteiger charge is -2.10. The molecule has 21 heavy (non-hydrogen) atoms. The molecular formula is C17H12N2O2.